The van der Waals surface area contributed by atoms with E-state index >= 15 is 0 Å². The van der Waals surface area contributed by atoms with Crippen molar-refractivity contribution in [1.82, 2.24) is 25.4 Å². The van der Waals surface area contributed by atoms with E-state index in [2.05, 4.69) is 20.5 Å². The van der Waals surface area contributed by atoms with Crippen molar-refractivity contribution >= 4 is 11.8 Å². The van der Waals surface area contributed by atoms with Crippen LogP contribution in [-0.2, 0) is 9.53 Å². The number of piperidine rings is 1. The highest BCUT2D eigenvalue weighted by atomic mass is 19.4. The Bertz CT molecular complexity index is 1230. The summed E-state index contributed by atoms with van der Waals surface area (Å²) in [6.45, 7) is 3.65. The molecular weight excluding hydrogens is 518 g/mol. The molecule has 0 bridgehead atoms. The number of carbonyl (C=O) groups excluding carboxylic acids is 2. The number of aryl methyl sites for hydroxylation is 1. The number of pyridine rings is 1. The van der Waals surface area contributed by atoms with Crippen LogP contribution in [0.4, 0.5) is 17.6 Å². The lowest BCUT2D eigenvalue weighted by Crippen LogP contribution is -2.55. The molecule has 1 spiro atoms. The molecule has 3 heterocycles. The average molecular weight is 552 g/mol. The fraction of sp³-hybridized carbons (Fsp3) is 0.630. The Morgan fingerprint density at radius 2 is 1.90 bits per heavy atom. The number of nitrogens with one attached hydrogen (secondary N) is 2. The Labute approximate surface area is 223 Å². The second kappa shape index (κ2) is 10.2. The predicted octanol–water partition coefficient (Wildman–Crippen LogP) is 4.70. The first-order chi connectivity index (χ1) is 18.5. The topological polar surface area (TPSA) is 100 Å². The summed E-state index contributed by atoms with van der Waals surface area (Å²) in [7, 11) is 0. The SMILES string of the molecule is CCO[C@]1(C(F)(F)F)CC[C@@H](NC(=O)[C@@H]2CCN(C(=O)c3cc(-c4cc(C)ncc4F)[nH]n3)C3(CC3)C2)CC1. The van der Waals surface area contributed by atoms with Crippen molar-refractivity contribution in [3.63, 3.8) is 0 Å². The number of halogens is 4. The van der Waals surface area contributed by atoms with Crippen LogP contribution in [0.3, 0.4) is 0 Å². The molecule has 2 aliphatic carbocycles. The van der Waals surface area contributed by atoms with Crippen LogP contribution in [-0.4, -0.2) is 68.4 Å². The standard InChI is InChI=1S/C27H33F4N5O3/c1-3-39-26(27(29,30)31)7-4-18(5-8-26)33-23(37)17-6-11-36(25(14-17)9-10-25)24(38)22-13-21(34-35-22)19-12-16(2)32-15-20(19)28/h12-13,15,17-18H,3-11,14H2,1-2H3,(H,33,37)(H,34,35)/t17-,18-,26-/m1/s1. The molecule has 3 aliphatic rings. The minimum absolute atomic E-state index is 0.0181. The molecule has 2 N–H and O–H groups in total. The third kappa shape index (κ3) is 5.27. The van der Waals surface area contributed by atoms with E-state index in [9.17, 15) is 27.2 Å². The number of amides is 2. The normalized spacial score (nSPS) is 26.5. The van der Waals surface area contributed by atoms with Crippen molar-refractivity contribution in [3.8, 4) is 11.3 Å². The Kier molecular flexibility index (Phi) is 7.19. The molecule has 8 nitrogen and oxygen atoms in total. The van der Waals surface area contributed by atoms with Crippen LogP contribution in [0.2, 0.25) is 0 Å². The van der Waals surface area contributed by atoms with Crippen molar-refractivity contribution in [1.29, 1.82) is 0 Å². The van der Waals surface area contributed by atoms with Crippen LogP contribution >= 0.6 is 0 Å². The zero-order valence-corrected chi connectivity index (χ0v) is 22.0. The predicted molar refractivity (Wildman–Crippen MR) is 133 cm³/mol. The van der Waals surface area contributed by atoms with Crippen molar-refractivity contribution in [2.75, 3.05) is 13.2 Å². The van der Waals surface area contributed by atoms with E-state index in [1.54, 1.807) is 24.8 Å². The van der Waals surface area contributed by atoms with E-state index in [-0.39, 0.29) is 67.3 Å². The summed E-state index contributed by atoms with van der Waals surface area (Å²) in [5, 5.41) is 9.85. The highest BCUT2D eigenvalue weighted by Crippen LogP contribution is 2.51. The Morgan fingerprint density at radius 3 is 2.54 bits per heavy atom. The number of ether oxygens (including phenoxy) is 1. The van der Waals surface area contributed by atoms with Gasteiger partial charge < -0.3 is 15.0 Å². The number of carbonyl (C=O) groups is 2. The first kappa shape index (κ1) is 27.5. The minimum atomic E-state index is -4.45. The van der Waals surface area contributed by atoms with Crippen LogP contribution in [0.15, 0.2) is 18.3 Å². The zero-order chi connectivity index (χ0) is 28.0. The zero-order valence-electron chi connectivity index (χ0n) is 22.0. The maximum Gasteiger partial charge on any atom is 0.417 e. The molecule has 2 amide bonds. The van der Waals surface area contributed by atoms with Gasteiger partial charge in [-0.15, -0.1) is 0 Å². The molecule has 0 aromatic carbocycles. The van der Waals surface area contributed by atoms with E-state index in [4.69, 9.17) is 4.74 Å². The van der Waals surface area contributed by atoms with Gasteiger partial charge in [0.25, 0.3) is 5.91 Å². The first-order valence-corrected chi connectivity index (χ1v) is 13.5. The van der Waals surface area contributed by atoms with Gasteiger partial charge in [0, 0.05) is 41.9 Å². The molecule has 0 unspecified atom stereocenters. The van der Waals surface area contributed by atoms with Gasteiger partial charge in [0.2, 0.25) is 5.91 Å². The first-order valence-electron chi connectivity index (χ1n) is 13.5. The number of alkyl halides is 3. The van der Waals surface area contributed by atoms with Crippen molar-refractivity contribution in [2.24, 2.45) is 5.92 Å². The lowest BCUT2D eigenvalue weighted by molar-refractivity contribution is -0.287. The van der Waals surface area contributed by atoms with Crippen LogP contribution in [0, 0.1) is 18.7 Å². The average Bonchev–Trinajstić information content (AvgIpc) is 3.47. The number of nitrogens with zero attached hydrogens (tertiary/aromatic N) is 3. The highest BCUT2D eigenvalue weighted by Gasteiger charge is 2.57. The molecule has 12 heteroatoms. The lowest BCUT2D eigenvalue weighted by Gasteiger charge is -2.42. The van der Waals surface area contributed by atoms with Crippen LogP contribution in [0.5, 0.6) is 0 Å². The molecule has 1 aliphatic heterocycles. The maximum absolute atomic E-state index is 14.3. The molecule has 1 atom stereocenters. The minimum Gasteiger partial charge on any atom is -0.366 e. The van der Waals surface area contributed by atoms with Gasteiger partial charge in [-0.1, -0.05) is 0 Å². The smallest absolute Gasteiger partial charge is 0.366 e. The molecule has 39 heavy (non-hydrogen) atoms. The van der Waals surface area contributed by atoms with Gasteiger partial charge in [-0.3, -0.25) is 19.7 Å². The van der Waals surface area contributed by atoms with E-state index in [1.165, 1.54) is 6.07 Å². The van der Waals surface area contributed by atoms with Crippen molar-refractivity contribution in [2.45, 2.75) is 88.6 Å². The number of aromatic nitrogens is 3. The third-order valence-electron chi connectivity index (χ3n) is 8.50. The molecule has 3 fully saturated rings. The summed E-state index contributed by atoms with van der Waals surface area (Å²) in [6, 6.07) is 2.78. The number of hydrogen-bond acceptors (Lipinski definition) is 5. The summed E-state index contributed by atoms with van der Waals surface area (Å²) in [5.41, 5.74) is -1.09. The van der Waals surface area contributed by atoms with Crippen LogP contribution in [0.25, 0.3) is 11.3 Å². The molecule has 2 aromatic rings. The van der Waals surface area contributed by atoms with Crippen LogP contribution < -0.4 is 5.32 Å². The highest BCUT2D eigenvalue weighted by molar-refractivity contribution is 5.94. The van der Waals surface area contributed by atoms with Gasteiger partial charge in [0.1, 0.15) is 0 Å². The van der Waals surface area contributed by atoms with Gasteiger partial charge in [0.15, 0.2) is 17.1 Å². The maximum atomic E-state index is 14.3. The summed E-state index contributed by atoms with van der Waals surface area (Å²) < 4.78 is 60.3. The van der Waals surface area contributed by atoms with Gasteiger partial charge in [-0.2, -0.15) is 18.3 Å². The second-order valence-electron chi connectivity index (χ2n) is 11.1. The number of rotatable bonds is 6. The largest absolute Gasteiger partial charge is 0.417 e. The second-order valence-corrected chi connectivity index (χ2v) is 11.1. The number of H-pyrrole nitrogens is 1. The fourth-order valence-corrected chi connectivity index (χ4v) is 6.14. The molecule has 2 saturated carbocycles. The molecule has 5 rings (SSSR count). The molecule has 212 valence electrons. The van der Waals surface area contributed by atoms with Crippen molar-refractivity contribution in [3.05, 3.63) is 35.5 Å². The summed E-state index contributed by atoms with van der Waals surface area (Å²) in [5.74, 6) is -1.28. The van der Waals surface area contributed by atoms with E-state index in [0.29, 0.717) is 30.8 Å². The van der Waals surface area contributed by atoms with Crippen molar-refractivity contribution < 1.29 is 31.9 Å². The summed E-state index contributed by atoms with van der Waals surface area (Å²) in [4.78, 5) is 32.2. The van der Waals surface area contributed by atoms with Gasteiger partial charge >= 0.3 is 6.18 Å². The number of hydrogen-bond donors (Lipinski definition) is 2. The van der Waals surface area contributed by atoms with Gasteiger partial charge in [-0.05, 0) is 77.3 Å². The Morgan fingerprint density at radius 1 is 1.18 bits per heavy atom. The summed E-state index contributed by atoms with van der Waals surface area (Å²) >= 11 is 0. The van der Waals surface area contributed by atoms with E-state index in [1.807, 2.05) is 0 Å². The molecule has 0 radical (unpaired) electrons. The third-order valence-corrected chi connectivity index (χ3v) is 8.50. The Hall–Kier alpha value is -3.02. The molecule has 2 aromatic heterocycles. The summed E-state index contributed by atoms with van der Waals surface area (Å²) in [6.07, 6.45) is -0.794. The molecule has 1 saturated heterocycles. The quantitative estimate of drug-likeness (QED) is 0.507. The molecular formula is C27H33F4N5O3. The van der Waals surface area contributed by atoms with E-state index in [0.717, 1.165) is 19.0 Å². The Balaban J connectivity index is 1.19. The monoisotopic (exact) mass is 551 g/mol. The van der Waals surface area contributed by atoms with Gasteiger partial charge in [-0.25, -0.2) is 4.39 Å². The number of aromatic amines is 1. The number of likely N-dealkylation sites (tertiary alicyclic amines) is 1. The lowest BCUT2D eigenvalue weighted by atomic mass is 9.80. The van der Waals surface area contributed by atoms with Crippen LogP contribution in [0.1, 0.15) is 74.5 Å². The fourth-order valence-electron chi connectivity index (χ4n) is 6.14. The van der Waals surface area contributed by atoms with Gasteiger partial charge in [0.05, 0.1) is 11.9 Å². The van der Waals surface area contributed by atoms with E-state index < -0.39 is 23.1 Å².